The van der Waals surface area contributed by atoms with E-state index in [-0.39, 0.29) is 197 Å². The van der Waals surface area contributed by atoms with Crippen molar-refractivity contribution in [3.63, 3.8) is 0 Å². The Balaban J connectivity index is 1.50. The van der Waals surface area contributed by atoms with E-state index in [4.69, 9.17) is 383 Å². The van der Waals surface area contributed by atoms with Gasteiger partial charge in [-0.1, -0.05) is 44.9 Å². The quantitative estimate of drug-likeness (QED) is 0.0158. The summed E-state index contributed by atoms with van der Waals surface area (Å²) in [4.78, 5) is 0. The molecule has 13 rings (SSSR count). The second-order valence-electron chi connectivity index (χ2n) is 43.9. The molecule has 0 heterocycles. The number of rotatable bonds is 60. The molecular formula is C96H180O18S24Si6. The molecule has 48 heteroatoms. The van der Waals surface area contributed by atoms with Crippen LogP contribution in [-0.4, -0.2) is 221 Å². The smallest absolute Gasteiger partial charge is 0.373 e. The molecule has 0 aliphatic heterocycles. The van der Waals surface area contributed by atoms with Crippen molar-refractivity contribution in [2.24, 2.45) is 87.3 Å². The van der Waals surface area contributed by atoms with Gasteiger partial charge in [0.25, 0.3) is 0 Å². The monoisotopic (exact) mass is 2560 g/mol. The minimum absolute atomic E-state index is 0.00389. The molecule has 0 spiro atoms. The van der Waals surface area contributed by atoms with Crippen LogP contribution in [0.5, 0.6) is 0 Å². The zero-order valence-corrected chi connectivity index (χ0v) is 116. The fraction of sp³-hybridized carbons (Fsp3) is 1.00. The molecule has 840 valence electrons. The Morgan fingerprint density at radius 1 is 0.174 bits per heavy atom. The average Bonchev–Trinajstić information content (AvgIpc) is 0.903. The van der Waals surface area contributed by atoms with Crippen LogP contribution in [0, 0.1) is 87.3 Å². The molecule has 0 aromatic rings. The lowest BCUT2D eigenvalue weighted by Gasteiger charge is -2.88. The molecule has 0 amide bonds. The highest BCUT2D eigenvalue weighted by Crippen LogP contribution is 3.01. The average molecular weight is 2560 g/mol. The maximum absolute atomic E-state index is 7.96. The Morgan fingerprint density at radius 3 is 0.389 bits per heavy atom. The third kappa shape index (κ3) is 17.3. The summed E-state index contributed by atoms with van der Waals surface area (Å²) in [6.07, 6.45) is 14.5. The van der Waals surface area contributed by atoms with Gasteiger partial charge in [0.1, 0.15) is 0 Å². The van der Waals surface area contributed by atoms with Crippen LogP contribution in [0.1, 0.15) is 298 Å². The second-order valence-corrected chi connectivity index (χ2v) is 81.5. The minimum atomic E-state index is -4.77. The molecule has 0 N–H and O–H groups in total. The molecule has 13 aliphatic rings. The Labute approximate surface area is 1010 Å². The number of hydrogen-bond donors (Lipinski definition) is 24. The van der Waals surface area contributed by atoms with E-state index < -0.39 is 160 Å². The highest BCUT2D eigenvalue weighted by Gasteiger charge is 3.03. The second kappa shape index (κ2) is 47.5. The standard InChI is InChI=1S/C96H180O18S24Si6/c1-19-97-139(98-20-2,99-21-3)76(58-64-38-44-70(76)52-64)85(115,116)91(127,128)82(92(129,130)86(117,118)77(59-65-39-45-71(77)53-65)140(100-22-4,101-23-5)102-24-6)50-37-51-83(93(131,132)87(119,120)78(60-66-40-46-72(78)54-66)141(103-25-7,104-26-8)105-27-9,94(133,134)88(121,122)79(61-67-41-47-73(79)55-67)142(106-28-10,107-29-11)108-30-12)84(82,95(135,136)89(123,124)80(62-68-42-48-74(80)56-68)143(109-31-13,110-32-14)111-33-15)96(137,138)90(125,126)81(63-69-43-49-75(81)57-69)144(112-34-16,113-35-17)114-36-18/h64-75,115-138H,19-63H2,1-18H3. The lowest BCUT2D eigenvalue weighted by atomic mass is 9.35. The minimum Gasteiger partial charge on any atom is -0.373 e. The van der Waals surface area contributed by atoms with Gasteiger partial charge in [0.15, 0.2) is 0 Å². The third-order valence-corrected chi connectivity index (χ3v) is 87.4. The van der Waals surface area contributed by atoms with Crippen molar-refractivity contribution in [1.82, 2.24) is 0 Å². The topological polar surface area (TPSA) is 166 Å². The highest BCUT2D eigenvalue weighted by atomic mass is 32.2. The molecule has 0 saturated heterocycles. The van der Waals surface area contributed by atoms with E-state index >= 15 is 0 Å². The van der Waals surface area contributed by atoms with Crippen molar-refractivity contribution in [3.05, 3.63) is 0 Å². The number of hydrogen-bond acceptors (Lipinski definition) is 42. The fourth-order valence-electron chi connectivity index (χ4n) is 35.2. The first-order valence-corrected chi connectivity index (χ1v) is 75.4. The van der Waals surface area contributed by atoms with Gasteiger partial charge in [0.05, 0.1) is 79.2 Å². The van der Waals surface area contributed by atoms with Gasteiger partial charge in [-0.05, 0) is 324 Å². The van der Waals surface area contributed by atoms with Gasteiger partial charge in [0, 0.05) is 135 Å². The number of thiol groups is 24. The van der Waals surface area contributed by atoms with Gasteiger partial charge in [-0.15, -0.1) is 0 Å². The maximum atomic E-state index is 7.96. The van der Waals surface area contributed by atoms with Crippen LogP contribution in [0.25, 0.3) is 0 Å². The molecule has 18 nitrogen and oxygen atoms in total. The fourth-order valence-corrected chi connectivity index (χ4v) is 80.5. The summed E-state index contributed by atoms with van der Waals surface area (Å²) >= 11 is 174. The van der Waals surface area contributed by atoms with Gasteiger partial charge in [-0.3, -0.25) is 0 Å². The Hall–Kier alpha value is 8.98. The SMILES string of the molecule is CCO[Si](OCC)(OCC)C1(C(S)(S)C(S)(S)C2(C(S)(S)C(S)(S)C3([Si](OCC)(OCC)OCC)CC4CCC3C4)CCCC(C(S)(S)C(S)(S)C3([Si](OCC)(OCC)OCC)CC4CCC3C4)(C(S)(S)C(S)(S)C3([Si](OCC)(OCC)OCC)CC4CCC3C4)C2(C(S)(S)C(S)(S)C2([Si](OCC)(OCC)OCC)CC3CCC2C3)C(S)(S)C(S)(S)C2([Si](OCC)(OCC)OCC)CC3CCC2C3)CC2CCC1C2. The highest BCUT2D eigenvalue weighted by molar-refractivity contribution is 8.13. The van der Waals surface area contributed by atoms with Crippen LogP contribution < -0.4 is 0 Å². The molecule has 12 bridgehead atoms. The molecule has 13 aliphatic carbocycles. The van der Waals surface area contributed by atoms with Crippen molar-refractivity contribution in [1.29, 1.82) is 0 Å². The molecule has 144 heavy (non-hydrogen) atoms. The van der Waals surface area contributed by atoms with Crippen molar-refractivity contribution in [3.8, 4) is 0 Å². The van der Waals surface area contributed by atoms with Crippen LogP contribution in [-0.2, 0) is 79.7 Å². The van der Waals surface area contributed by atoms with Crippen LogP contribution in [0.3, 0.4) is 0 Å². The van der Waals surface area contributed by atoms with Gasteiger partial charge >= 0.3 is 52.8 Å². The van der Waals surface area contributed by atoms with Crippen molar-refractivity contribution >= 4 is 356 Å². The predicted molar refractivity (Wildman–Crippen MR) is 682 cm³/mol. The zero-order chi connectivity index (χ0) is 107. The summed E-state index contributed by atoms with van der Waals surface area (Å²) in [5.41, 5.74) is -8.52. The van der Waals surface area contributed by atoms with E-state index in [9.17, 15) is 0 Å². The summed E-state index contributed by atoms with van der Waals surface area (Å²) in [6, 6.07) is 0. The van der Waals surface area contributed by atoms with Gasteiger partial charge in [0.2, 0.25) is 0 Å². The van der Waals surface area contributed by atoms with Crippen LogP contribution in [0.2, 0.25) is 30.2 Å². The van der Waals surface area contributed by atoms with E-state index in [0.29, 0.717) is 116 Å². The summed E-state index contributed by atoms with van der Waals surface area (Å²) in [7, 11) is -28.2. The summed E-state index contributed by atoms with van der Waals surface area (Å²) in [6.45, 7) is 38.3. The van der Waals surface area contributed by atoms with Gasteiger partial charge in [-0.25, -0.2) is 0 Å². The van der Waals surface area contributed by atoms with Gasteiger partial charge in [-0.2, -0.15) is 303 Å². The molecular weight excluding hydrogens is 2380 g/mol. The van der Waals surface area contributed by atoms with E-state index in [1.54, 1.807) is 0 Å². The maximum Gasteiger partial charge on any atom is 0.510 e. The van der Waals surface area contributed by atoms with E-state index in [1.165, 1.54) is 0 Å². The molecule has 13 saturated carbocycles. The Bertz CT molecular complexity index is 3800. The van der Waals surface area contributed by atoms with Crippen molar-refractivity contribution in [2.75, 3.05) is 119 Å². The van der Waals surface area contributed by atoms with Crippen LogP contribution in [0.4, 0.5) is 0 Å². The lowest BCUT2D eigenvalue weighted by molar-refractivity contribution is -0.185. The largest absolute Gasteiger partial charge is 0.510 e. The van der Waals surface area contributed by atoms with E-state index in [1.807, 2.05) is 125 Å². The molecule has 0 aromatic carbocycles. The Kier molecular flexibility index (Phi) is 42.9. The van der Waals surface area contributed by atoms with Crippen molar-refractivity contribution in [2.45, 2.75) is 377 Å². The summed E-state index contributed by atoms with van der Waals surface area (Å²) < 4.78 is 112. The first-order valence-electron chi connectivity index (χ1n) is 54.3. The zero-order valence-electron chi connectivity index (χ0n) is 88.3. The Morgan fingerprint density at radius 2 is 0.292 bits per heavy atom. The summed E-state index contributed by atoms with van der Waals surface area (Å²) in [5.74, 6) is -2.54. The van der Waals surface area contributed by atoms with Crippen LogP contribution >= 0.6 is 303 Å². The normalized spacial score (nSPS) is 35.4. The molecule has 18 unspecified atom stereocenters. The molecule has 0 aromatic heterocycles. The summed E-state index contributed by atoms with van der Waals surface area (Å²) in [5, 5.41) is -9.34. The predicted octanol–water partition coefficient (Wildman–Crippen LogP) is 26.5. The van der Waals surface area contributed by atoms with Crippen molar-refractivity contribution < 1.29 is 79.7 Å². The first kappa shape index (κ1) is 130. The molecule has 18 atom stereocenters. The van der Waals surface area contributed by atoms with Crippen LogP contribution in [0.15, 0.2) is 0 Å². The van der Waals surface area contributed by atoms with E-state index in [2.05, 4.69) is 0 Å². The number of fused-ring (bicyclic) bond motifs is 12. The third-order valence-electron chi connectivity index (χ3n) is 38.8. The first-order chi connectivity index (χ1) is 67.4. The van der Waals surface area contributed by atoms with E-state index in [0.717, 1.165) is 38.5 Å². The van der Waals surface area contributed by atoms with Gasteiger partial charge < -0.3 is 79.7 Å². The lowest BCUT2D eigenvalue weighted by Crippen LogP contribution is -2.94. The molecule has 13 fully saturated rings. The molecule has 0 radical (unpaired) electrons.